The first kappa shape index (κ1) is 24.7. The van der Waals surface area contributed by atoms with Crippen LogP contribution in [0.4, 0.5) is 18.0 Å². The molecule has 2 aromatic rings. The Morgan fingerprint density at radius 3 is 2.45 bits per heavy atom. The molecule has 8 nitrogen and oxygen atoms in total. The summed E-state index contributed by atoms with van der Waals surface area (Å²) in [6.07, 6.45) is 0.348. The predicted octanol–water partition coefficient (Wildman–Crippen LogP) is 2.04. The van der Waals surface area contributed by atoms with Crippen LogP contribution in [-0.4, -0.2) is 64.5 Å². The lowest BCUT2D eigenvalue weighted by Crippen LogP contribution is -2.54. The van der Waals surface area contributed by atoms with Crippen LogP contribution in [0.3, 0.4) is 0 Å². The number of hydrogen-bond donors (Lipinski definition) is 3. The Balaban J connectivity index is 2.09. The highest BCUT2D eigenvalue weighted by Gasteiger charge is 2.35. The summed E-state index contributed by atoms with van der Waals surface area (Å²) < 4.78 is 43.1. The molecule has 1 aliphatic heterocycles. The number of aromatic nitrogens is 2. The highest BCUT2D eigenvalue weighted by molar-refractivity contribution is 5.88. The van der Waals surface area contributed by atoms with Gasteiger partial charge < -0.3 is 15.7 Å². The van der Waals surface area contributed by atoms with Crippen molar-refractivity contribution in [1.82, 2.24) is 25.3 Å². The van der Waals surface area contributed by atoms with Gasteiger partial charge in [0.25, 0.3) is 0 Å². The molecule has 1 aromatic heterocycles. The molecular formula is C22H28F3N5O3. The normalized spacial score (nSPS) is 15.2. The van der Waals surface area contributed by atoms with E-state index in [2.05, 4.69) is 15.7 Å². The standard InChI is InChI=1S/C22H28F3N5O3/c1-22(2,3)19(20(32)26-4)27-21(33)30-17-5-6-29(7-8-31)11-13(17)18(28-30)12-9-15(24)16(25)10-14(12)23/h9-10,19,31H,5-8,11H2,1-4H3,(H,26,32)(H,27,33)/t19-/m1/s1. The summed E-state index contributed by atoms with van der Waals surface area (Å²) in [7, 11) is 1.46. The lowest BCUT2D eigenvalue weighted by atomic mass is 9.86. The van der Waals surface area contributed by atoms with E-state index < -0.39 is 40.8 Å². The third-order valence-electron chi connectivity index (χ3n) is 5.65. The molecule has 1 atom stereocenters. The quantitative estimate of drug-likeness (QED) is 0.585. The molecule has 3 N–H and O–H groups in total. The average Bonchev–Trinajstić information content (AvgIpc) is 3.12. The zero-order valence-electron chi connectivity index (χ0n) is 19.0. The number of aliphatic hydroxyl groups excluding tert-OH is 1. The van der Waals surface area contributed by atoms with Crippen LogP contribution in [0.15, 0.2) is 12.1 Å². The molecular weight excluding hydrogens is 439 g/mol. The van der Waals surface area contributed by atoms with Gasteiger partial charge in [0.05, 0.1) is 12.3 Å². The van der Waals surface area contributed by atoms with Crippen LogP contribution in [0, 0.1) is 22.9 Å². The van der Waals surface area contributed by atoms with Crippen LogP contribution in [0.5, 0.6) is 0 Å². The average molecular weight is 467 g/mol. The number of aliphatic hydroxyl groups is 1. The van der Waals surface area contributed by atoms with Gasteiger partial charge in [0.1, 0.15) is 17.6 Å². The van der Waals surface area contributed by atoms with Gasteiger partial charge in [0.2, 0.25) is 5.91 Å². The van der Waals surface area contributed by atoms with Crippen molar-refractivity contribution in [2.45, 2.75) is 39.8 Å². The number of nitrogens with zero attached hydrogens (tertiary/aromatic N) is 3. The fourth-order valence-corrected chi connectivity index (χ4v) is 3.90. The van der Waals surface area contributed by atoms with Crippen molar-refractivity contribution >= 4 is 11.9 Å². The number of nitrogens with one attached hydrogen (secondary N) is 2. The number of halogens is 3. The Labute approximate surface area is 189 Å². The highest BCUT2D eigenvalue weighted by atomic mass is 19.2. The van der Waals surface area contributed by atoms with E-state index in [9.17, 15) is 27.9 Å². The first-order valence-electron chi connectivity index (χ1n) is 10.6. The Morgan fingerprint density at radius 1 is 1.18 bits per heavy atom. The highest BCUT2D eigenvalue weighted by Crippen LogP contribution is 2.33. The van der Waals surface area contributed by atoms with E-state index in [-0.39, 0.29) is 24.4 Å². The number of carbonyl (C=O) groups is 2. The molecule has 0 saturated carbocycles. The van der Waals surface area contributed by atoms with Crippen molar-refractivity contribution < 1.29 is 27.9 Å². The van der Waals surface area contributed by atoms with Gasteiger partial charge in [0.15, 0.2) is 11.6 Å². The molecule has 0 fully saturated rings. The molecule has 0 radical (unpaired) electrons. The van der Waals surface area contributed by atoms with E-state index in [0.717, 1.165) is 4.68 Å². The third-order valence-corrected chi connectivity index (χ3v) is 5.65. The summed E-state index contributed by atoms with van der Waals surface area (Å²) in [4.78, 5) is 27.4. The predicted molar refractivity (Wildman–Crippen MR) is 115 cm³/mol. The molecule has 1 aromatic carbocycles. The molecule has 1 aliphatic rings. The fraction of sp³-hybridized carbons (Fsp3) is 0.500. The van der Waals surface area contributed by atoms with Gasteiger partial charge in [-0.1, -0.05) is 20.8 Å². The molecule has 0 aliphatic carbocycles. The van der Waals surface area contributed by atoms with Crippen molar-refractivity contribution in [3.8, 4) is 11.3 Å². The summed E-state index contributed by atoms with van der Waals surface area (Å²) in [5.41, 5.74) is 0.0655. The van der Waals surface area contributed by atoms with Gasteiger partial charge in [-0.15, -0.1) is 0 Å². The molecule has 33 heavy (non-hydrogen) atoms. The summed E-state index contributed by atoms with van der Waals surface area (Å²) >= 11 is 0. The zero-order valence-corrected chi connectivity index (χ0v) is 19.0. The fourth-order valence-electron chi connectivity index (χ4n) is 3.90. The Morgan fingerprint density at radius 2 is 1.85 bits per heavy atom. The van der Waals surface area contributed by atoms with E-state index in [0.29, 0.717) is 42.9 Å². The van der Waals surface area contributed by atoms with Crippen LogP contribution >= 0.6 is 0 Å². The van der Waals surface area contributed by atoms with Crippen LogP contribution in [0.25, 0.3) is 11.3 Å². The molecule has 0 bridgehead atoms. The number of fused-ring (bicyclic) bond motifs is 1. The first-order valence-corrected chi connectivity index (χ1v) is 10.6. The largest absolute Gasteiger partial charge is 0.395 e. The summed E-state index contributed by atoms with van der Waals surface area (Å²) in [5, 5.41) is 18.8. The van der Waals surface area contributed by atoms with Crippen LogP contribution in [0.2, 0.25) is 0 Å². The van der Waals surface area contributed by atoms with E-state index in [1.54, 1.807) is 20.8 Å². The number of amides is 2. The minimum Gasteiger partial charge on any atom is -0.395 e. The maximum absolute atomic E-state index is 14.6. The lowest BCUT2D eigenvalue weighted by Gasteiger charge is -2.30. The molecule has 180 valence electrons. The maximum atomic E-state index is 14.6. The van der Waals surface area contributed by atoms with Gasteiger partial charge in [-0.05, 0) is 11.5 Å². The van der Waals surface area contributed by atoms with Gasteiger partial charge in [0, 0.05) is 50.3 Å². The summed E-state index contributed by atoms with van der Waals surface area (Å²) in [6.45, 7) is 6.36. The number of likely N-dealkylation sites (N-methyl/N-ethyl adjacent to an activating group) is 1. The van der Waals surface area contributed by atoms with Gasteiger partial charge in [-0.25, -0.2) is 18.0 Å². The third kappa shape index (κ3) is 5.03. The lowest BCUT2D eigenvalue weighted by molar-refractivity contribution is -0.124. The number of β-amino-alcohol motifs (C(OH)–C–C–N with tert-alkyl or cyclic N) is 1. The van der Waals surface area contributed by atoms with Crippen LogP contribution in [-0.2, 0) is 17.8 Å². The van der Waals surface area contributed by atoms with Crippen molar-refractivity contribution in [2.24, 2.45) is 5.41 Å². The first-order chi connectivity index (χ1) is 15.5. The van der Waals surface area contributed by atoms with Gasteiger partial charge in [-0.2, -0.15) is 9.78 Å². The minimum atomic E-state index is -1.33. The van der Waals surface area contributed by atoms with Gasteiger partial charge >= 0.3 is 6.03 Å². The molecule has 2 amide bonds. The maximum Gasteiger partial charge on any atom is 0.343 e. The van der Waals surface area contributed by atoms with E-state index >= 15 is 0 Å². The van der Waals surface area contributed by atoms with Crippen LogP contribution < -0.4 is 10.6 Å². The Hall–Kier alpha value is -2.92. The molecule has 11 heteroatoms. The second kappa shape index (κ2) is 9.52. The minimum absolute atomic E-state index is 0.00596. The van der Waals surface area contributed by atoms with E-state index in [1.165, 1.54) is 7.05 Å². The molecule has 2 heterocycles. The monoisotopic (exact) mass is 467 g/mol. The molecule has 0 spiro atoms. The number of hydrogen-bond acceptors (Lipinski definition) is 5. The molecule has 3 rings (SSSR count). The Bertz CT molecular complexity index is 1060. The topological polar surface area (TPSA) is 99.5 Å². The second-order valence-electron chi connectivity index (χ2n) is 9.04. The number of carbonyl (C=O) groups excluding carboxylic acids is 2. The van der Waals surface area contributed by atoms with E-state index in [4.69, 9.17) is 0 Å². The number of benzene rings is 1. The van der Waals surface area contributed by atoms with Gasteiger partial charge in [-0.3, -0.25) is 9.69 Å². The van der Waals surface area contributed by atoms with Crippen molar-refractivity contribution in [2.75, 3.05) is 26.7 Å². The van der Waals surface area contributed by atoms with E-state index in [1.807, 2.05) is 4.90 Å². The number of rotatable bonds is 5. The zero-order chi connectivity index (χ0) is 24.5. The summed E-state index contributed by atoms with van der Waals surface area (Å²) in [5.74, 6) is -3.98. The van der Waals surface area contributed by atoms with Crippen molar-refractivity contribution in [3.05, 3.63) is 40.8 Å². The van der Waals surface area contributed by atoms with Crippen molar-refractivity contribution in [1.29, 1.82) is 0 Å². The summed E-state index contributed by atoms with van der Waals surface area (Å²) in [6, 6.07) is -0.429. The molecule has 0 saturated heterocycles. The molecule has 0 unspecified atom stereocenters. The smallest absolute Gasteiger partial charge is 0.343 e. The Kier molecular flexibility index (Phi) is 7.13. The SMILES string of the molecule is CNC(=O)[C@@H](NC(=O)n1nc(-c2cc(F)c(F)cc2F)c2c1CCN(CCO)C2)C(C)(C)C. The second-order valence-corrected chi connectivity index (χ2v) is 9.04. The van der Waals surface area contributed by atoms with Crippen molar-refractivity contribution in [3.63, 3.8) is 0 Å². The van der Waals surface area contributed by atoms with Crippen LogP contribution in [0.1, 0.15) is 32.0 Å².